The fraction of sp³-hybridized carbons (Fsp3) is 0.200. The molecule has 0 unspecified atom stereocenters. The number of hydrogen-bond donors (Lipinski definition) is 2. The number of nitrogens with one attached hydrogen (secondary N) is 2. The summed E-state index contributed by atoms with van der Waals surface area (Å²) in [5.74, 6) is -1.52. The van der Waals surface area contributed by atoms with Crippen molar-refractivity contribution in [2.45, 2.75) is 25.4 Å². The lowest BCUT2D eigenvalue weighted by Gasteiger charge is -2.16. The lowest BCUT2D eigenvalue weighted by atomic mass is 10.1. The number of hydrogen-bond acceptors (Lipinski definition) is 3. The second-order valence-corrected chi connectivity index (χ2v) is 7.84. The molecule has 0 radical (unpaired) electrons. The Kier molecular flexibility index (Phi) is 6.54. The SMILES string of the molecule is O=C(COc1ccc2c(c1)CCC2)Nc1ccc(NC(=O)c2ccc(F)cc2)cc1C(F)(F)F. The summed E-state index contributed by atoms with van der Waals surface area (Å²) in [6.07, 6.45) is -1.81. The molecule has 2 amide bonds. The van der Waals surface area contributed by atoms with Gasteiger partial charge in [-0.2, -0.15) is 13.2 Å². The number of amides is 2. The van der Waals surface area contributed by atoms with E-state index in [1.54, 1.807) is 6.07 Å². The lowest BCUT2D eigenvalue weighted by Crippen LogP contribution is -2.22. The minimum Gasteiger partial charge on any atom is -0.484 e. The van der Waals surface area contributed by atoms with Crippen LogP contribution < -0.4 is 15.4 Å². The molecule has 1 aliphatic rings. The summed E-state index contributed by atoms with van der Waals surface area (Å²) in [6.45, 7) is -0.459. The largest absolute Gasteiger partial charge is 0.484 e. The second kappa shape index (κ2) is 9.54. The van der Waals surface area contributed by atoms with Gasteiger partial charge in [-0.25, -0.2) is 4.39 Å². The third-order valence-electron chi connectivity index (χ3n) is 5.40. The van der Waals surface area contributed by atoms with Crippen molar-refractivity contribution in [3.8, 4) is 5.75 Å². The molecule has 5 nitrogen and oxygen atoms in total. The van der Waals surface area contributed by atoms with Crippen molar-refractivity contribution in [2.75, 3.05) is 17.2 Å². The van der Waals surface area contributed by atoms with E-state index in [2.05, 4.69) is 10.6 Å². The van der Waals surface area contributed by atoms with Gasteiger partial charge in [-0.05, 0) is 85.0 Å². The van der Waals surface area contributed by atoms with E-state index in [1.807, 2.05) is 12.1 Å². The van der Waals surface area contributed by atoms with Gasteiger partial charge in [0, 0.05) is 11.3 Å². The van der Waals surface area contributed by atoms with Crippen molar-refractivity contribution < 1.29 is 31.9 Å². The molecule has 0 heterocycles. The van der Waals surface area contributed by atoms with Crippen LogP contribution in [0.2, 0.25) is 0 Å². The van der Waals surface area contributed by atoms with Gasteiger partial charge in [-0.15, -0.1) is 0 Å². The average molecular weight is 472 g/mol. The number of carbonyl (C=O) groups excluding carboxylic acids is 2. The first-order valence-corrected chi connectivity index (χ1v) is 10.5. The Labute approximate surface area is 192 Å². The minimum atomic E-state index is -4.79. The van der Waals surface area contributed by atoms with Gasteiger partial charge in [0.25, 0.3) is 11.8 Å². The van der Waals surface area contributed by atoms with Gasteiger partial charge in [0.1, 0.15) is 11.6 Å². The molecule has 0 aromatic heterocycles. The first-order chi connectivity index (χ1) is 16.2. The number of rotatable bonds is 6. The number of aryl methyl sites for hydroxylation is 2. The van der Waals surface area contributed by atoms with E-state index >= 15 is 0 Å². The first-order valence-electron chi connectivity index (χ1n) is 10.5. The maximum absolute atomic E-state index is 13.6. The first kappa shape index (κ1) is 23.3. The van der Waals surface area contributed by atoms with Crippen LogP contribution in [0.5, 0.6) is 5.75 Å². The molecule has 0 aliphatic heterocycles. The molecule has 0 saturated carbocycles. The van der Waals surface area contributed by atoms with Crippen LogP contribution in [0.1, 0.15) is 33.5 Å². The quantitative estimate of drug-likeness (QED) is 0.459. The zero-order chi connectivity index (χ0) is 24.3. The van der Waals surface area contributed by atoms with Crippen LogP contribution in [-0.4, -0.2) is 18.4 Å². The molecule has 0 fully saturated rings. The Balaban J connectivity index is 1.44. The molecule has 34 heavy (non-hydrogen) atoms. The smallest absolute Gasteiger partial charge is 0.418 e. The van der Waals surface area contributed by atoms with Crippen LogP contribution in [0.25, 0.3) is 0 Å². The molecule has 9 heteroatoms. The molecule has 0 spiro atoms. The van der Waals surface area contributed by atoms with Gasteiger partial charge < -0.3 is 15.4 Å². The van der Waals surface area contributed by atoms with Crippen LogP contribution in [0, 0.1) is 5.82 Å². The predicted octanol–water partition coefficient (Wildman–Crippen LogP) is 5.60. The van der Waals surface area contributed by atoms with Gasteiger partial charge in [-0.3, -0.25) is 9.59 Å². The van der Waals surface area contributed by atoms with Gasteiger partial charge in [0.2, 0.25) is 0 Å². The third-order valence-corrected chi connectivity index (χ3v) is 5.40. The molecule has 0 bridgehead atoms. The standard InChI is InChI=1S/C25H20F4N2O3/c26-18-7-4-16(5-8-18)24(33)30-19-9-11-22(21(13-19)25(27,28)29)31-23(32)14-34-20-10-6-15-2-1-3-17(15)12-20/h4-13H,1-3,14H2,(H,30,33)(H,31,32). The van der Waals surface area contributed by atoms with Gasteiger partial charge in [-0.1, -0.05) is 6.07 Å². The summed E-state index contributed by atoms with van der Waals surface area (Å²) in [5, 5.41) is 4.56. The lowest BCUT2D eigenvalue weighted by molar-refractivity contribution is -0.137. The van der Waals surface area contributed by atoms with E-state index in [4.69, 9.17) is 4.74 Å². The number of benzene rings is 3. The highest BCUT2D eigenvalue weighted by Crippen LogP contribution is 2.37. The fourth-order valence-corrected chi connectivity index (χ4v) is 3.74. The van der Waals surface area contributed by atoms with Crippen LogP contribution >= 0.6 is 0 Å². The predicted molar refractivity (Wildman–Crippen MR) is 118 cm³/mol. The molecule has 3 aromatic rings. The monoisotopic (exact) mass is 472 g/mol. The van der Waals surface area contributed by atoms with Crippen LogP contribution in [0.15, 0.2) is 60.7 Å². The van der Waals surface area contributed by atoms with E-state index in [0.29, 0.717) is 5.75 Å². The Morgan fingerprint density at radius 1 is 0.882 bits per heavy atom. The summed E-state index contributed by atoms with van der Waals surface area (Å²) in [6, 6.07) is 13.1. The Bertz CT molecular complexity index is 1220. The van der Waals surface area contributed by atoms with Crippen molar-refractivity contribution in [3.63, 3.8) is 0 Å². The number of halogens is 4. The van der Waals surface area contributed by atoms with E-state index in [1.165, 1.54) is 23.8 Å². The van der Waals surface area contributed by atoms with Crippen molar-refractivity contribution in [2.24, 2.45) is 0 Å². The number of alkyl halides is 3. The number of anilines is 2. The Hall–Kier alpha value is -3.88. The maximum atomic E-state index is 13.6. The van der Waals surface area contributed by atoms with Crippen molar-refractivity contribution >= 4 is 23.2 Å². The fourth-order valence-electron chi connectivity index (χ4n) is 3.74. The third kappa shape index (κ3) is 5.54. The minimum absolute atomic E-state index is 0.0797. The second-order valence-electron chi connectivity index (χ2n) is 7.84. The van der Waals surface area contributed by atoms with Crippen LogP contribution in [0.3, 0.4) is 0 Å². The summed E-state index contributed by atoms with van der Waals surface area (Å²) >= 11 is 0. The van der Waals surface area contributed by atoms with Gasteiger partial charge in [0.05, 0.1) is 11.3 Å². The Morgan fingerprint density at radius 3 is 2.35 bits per heavy atom. The van der Waals surface area contributed by atoms with Crippen molar-refractivity contribution in [1.82, 2.24) is 0 Å². The van der Waals surface area contributed by atoms with E-state index < -0.39 is 41.7 Å². The molecule has 0 atom stereocenters. The average Bonchev–Trinajstić information content (AvgIpc) is 3.26. The molecule has 4 rings (SSSR count). The topological polar surface area (TPSA) is 67.4 Å². The normalized spacial score (nSPS) is 12.7. The maximum Gasteiger partial charge on any atom is 0.418 e. The molecule has 1 aliphatic carbocycles. The number of ether oxygens (including phenoxy) is 1. The number of fused-ring (bicyclic) bond motifs is 1. The number of carbonyl (C=O) groups is 2. The zero-order valence-electron chi connectivity index (χ0n) is 17.8. The molecular weight excluding hydrogens is 452 g/mol. The highest BCUT2D eigenvalue weighted by Gasteiger charge is 2.34. The summed E-state index contributed by atoms with van der Waals surface area (Å²) in [4.78, 5) is 24.5. The highest BCUT2D eigenvalue weighted by molar-refractivity contribution is 6.04. The molecular formula is C25H20F4N2O3. The Morgan fingerprint density at radius 2 is 1.62 bits per heavy atom. The summed E-state index contributed by atoms with van der Waals surface area (Å²) in [5.41, 5.74) is 0.740. The van der Waals surface area contributed by atoms with E-state index in [0.717, 1.165) is 49.1 Å². The molecule has 0 saturated heterocycles. The van der Waals surface area contributed by atoms with Crippen molar-refractivity contribution in [1.29, 1.82) is 0 Å². The van der Waals surface area contributed by atoms with E-state index in [-0.39, 0.29) is 11.3 Å². The van der Waals surface area contributed by atoms with Crippen LogP contribution in [0.4, 0.5) is 28.9 Å². The molecule has 176 valence electrons. The molecule has 2 N–H and O–H groups in total. The van der Waals surface area contributed by atoms with Gasteiger partial charge >= 0.3 is 6.18 Å². The van der Waals surface area contributed by atoms with Gasteiger partial charge in [0.15, 0.2) is 6.61 Å². The summed E-state index contributed by atoms with van der Waals surface area (Å²) < 4.78 is 59.3. The summed E-state index contributed by atoms with van der Waals surface area (Å²) in [7, 11) is 0. The van der Waals surface area contributed by atoms with Crippen LogP contribution in [-0.2, 0) is 23.8 Å². The highest BCUT2D eigenvalue weighted by atomic mass is 19.4. The zero-order valence-corrected chi connectivity index (χ0v) is 17.8. The van der Waals surface area contributed by atoms with E-state index in [9.17, 15) is 27.2 Å². The molecule has 3 aromatic carbocycles. The van der Waals surface area contributed by atoms with Crippen molar-refractivity contribution in [3.05, 3.63) is 88.7 Å².